The fourth-order valence-corrected chi connectivity index (χ4v) is 1.77. The molecule has 2 unspecified atom stereocenters. The minimum atomic E-state index is -3.47. The molecule has 0 aliphatic rings. The summed E-state index contributed by atoms with van der Waals surface area (Å²) in [6, 6.07) is 0. The lowest BCUT2D eigenvalue weighted by atomic mass is 10.0. The summed E-state index contributed by atoms with van der Waals surface area (Å²) in [7, 11) is -3.43. The van der Waals surface area contributed by atoms with Gasteiger partial charge in [-0.15, -0.1) is 0 Å². The molecule has 3 nitrogen and oxygen atoms in total. The maximum Gasteiger partial charge on any atom is 0.583 e. The highest BCUT2D eigenvalue weighted by atomic mass is 31.1. The molecule has 0 aliphatic carbocycles. The van der Waals surface area contributed by atoms with Crippen molar-refractivity contribution in [2.75, 3.05) is 6.54 Å². The van der Waals surface area contributed by atoms with Crippen LogP contribution in [0.4, 0.5) is 8.78 Å². The quantitative estimate of drug-likeness (QED) is 0.665. The summed E-state index contributed by atoms with van der Waals surface area (Å²) in [5.41, 5.74) is 1.70. The summed E-state index contributed by atoms with van der Waals surface area (Å²) >= 11 is 0. The predicted molar refractivity (Wildman–Crippen MR) is 46.8 cm³/mol. The zero-order valence-electron chi connectivity index (χ0n) is 7.54. The zero-order valence-corrected chi connectivity index (χ0v) is 8.44. The van der Waals surface area contributed by atoms with Crippen molar-refractivity contribution < 1.29 is 18.2 Å². The summed E-state index contributed by atoms with van der Waals surface area (Å²) in [6.45, 7) is 1.91. The standard InChI is InChI=1S/C7H14F2NO2P/c1-2-6(4-3-5-10)7(8,9)13(11)12/h6H,2-5,10H2,1H3/p+1. The van der Waals surface area contributed by atoms with E-state index in [2.05, 4.69) is 0 Å². The van der Waals surface area contributed by atoms with Crippen molar-refractivity contribution in [3.05, 3.63) is 0 Å². The molecule has 0 saturated heterocycles. The second kappa shape index (κ2) is 5.58. The Morgan fingerprint density at radius 2 is 2.15 bits per heavy atom. The maximum atomic E-state index is 13.0. The predicted octanol–water partition coefficient (Wildman–Crippen LogP) is 2.08. The van der Waals surface area contributed by atoms with Crippen molar-refractivity contribution in [2.45, 2.75) is 31.8 Å². The first-order valence-corrected chi connectivity index (χ1v) is 5.42. The lowest BCUT2D eigenvalue weighted by Gasteiger charge is -2.14. The molecule has 13 heavy (non-hydrogen) atoms. The van der Waals surface area contributed by atoms with E-state index in [4.69, 9.17) is 10.6 Å². The van der Waals surface area contributed by atoms with Gasteiger partial charge in [0, 0.05) is 0 Å². The fraction of sp³-hybridized carbons (Fsp3) is 1.00. The molecule has 0 aliphatic heterocycles. The molecular weight excluding hydrogens is 199 g/mol. The van der Waals surface area contributed by atoms with Gasteiger partial charge in [0.1, 0.15) is 0 Å². The summed E-state index contributed by atoms with van der Waals surface area (Å²) in [5.74, 6) is -1.04. The minimum absolute atomic E-state index is 0.189. The Hall–Kier alpha value is -0.120. The summed E-state index contributed by atoms with van der Waals surface area (Å²) in [5, 5.41) is 0. The molecule has 0 bridgehead atoms. The van der Waals surface area contributed by atoms with Gasteiger partial charge < -0.3 is 5.73 Å². The van der Waals surface area contributed by atoms with Crippen LogP contribution in [0.3, 0.4) is 0 Å². The lowest BCUT2D eigenvalue weighted by Crippen LogP contribution is -2.24. The van der Waals surface area contributed by atoms with Gasteiger partial charge in [0.2, 0.25) is 0 Å². The first-order chi connectivity index (χ1) is 5.96. The molecule has 6 heteroatoms. The number of nitrogens with two attached hydrogens (primary N) is 1. The fourth-order valence-electron chi connectivity index (χ4n) is 1.14. The first kappa shape index (κ1) is 12.9. The van der Waals surface area contributed by atoms with E-state index in [1.165, 1.54) is 0 Å². The highest BCUT2D eigenvalue weighted by Crippen LogP contribution is 2.47. The number of rotatable bonds is 6. The Morgan fingerprint density at radius 3 is 2.46 bits per heavy atom. The number of hydrogen-bond donors (Lipinski definition) is 2. The molecule has 3 N–H and O–H groups in total. The van der Waals surface area contributed by atoms with Gasteiger partial charge in [0.15, 0.2) is 0 Å². The van der Waals surface area contributed by atoms with Crippen molar-refractivity contribution in [3.8, 4) is 0 Å². The highest BCUT2D eigenvalue weighted by Gasteiger charge is 2.56. The van der Waals surface area contributed by atoms with Gasteiger partial charge in [-0.1, -0.05) is 6.92 Å². The third-order valence-electron chi connectivity index (χ3n) is 2.00. The minimum Gasteiger partial charge on any atom is -0.330 e. The number of hydrogen-bond acceptors (Lipinski definition) is 2. The van der Waals surface area contributed by atoms with E-state index in [1.54, 1.807) is 6.92 Å². The Kier molecular flexibility index (Phi) is 5.53. The molecule has 0 heterocycles. The van der Waals surface area contributed by atoms with Crippen LogP contribution in [0.2, 0.25) is 0 Å². The SMILES string of the molecule is CCC(CCCN)C(F)(F)[P+](=O)O. The second-order valence-electron chi connectivity index (χ2n) is 2.90. The average molecular weight is 214 g/mol. The van der Waals surface area contributed by atoms with Gasteiger partial charge in [-0.05, 0) is 30.4 Å². The molecule has 0 rings (SSSR count). The Balaban J connectivity index is 4.28. The van der Waals surface area contributed by atoms with Gasteiger partial charge in [0.25, 0.3) is 0 Å². The van der Waals surface area contributed by atoms with E-state index in [1.807, 2.05) is 0 Å². The van der Waals surface area contributed by atoms with Crippen molar-refractivity contribution >= 4 is 8.03 Å². The largest absolute Gasteiger partial charge is 0.583 e. The van der Waals surface area contributed by atoms with Gasteiger partial charge in [-0.2, -0.15) is 13.7 Å². The average Bonchev–Trinajstić information content (AvgIpc) is 2.05. The Labute approximate surface area is 77.2 Å². The van der Waals surface area contributed by atoms with Crippen LogP contribution in [-0.2, 0) is 4.57 Å². The van der Waals surface area contributed by atoms with E-state index >= 15 is 0 Å². The van der Waals surface area contributed by atoms with Crippen LogP contribution in [0.1, 0.15) is 26.2 Å². The summed E-state index contributed by atoms with van der Waals surface area (Å²) in [4.78, 5) is 8.41. The van der Waals surface area contributed by atoms with Crippen LogP contribution in [0, 0.1) is 5.92 Å². The van der Waals surface area contributed by atoms with Gasteiger partial charge in [0.05, 0.1) is 5.92 Å². The van der Waals surface area contributed by atoms with Gasteiger partial charge in [-0.3, -0.25) is 0 Å². The van der Waals surface area contributed by atoms with Crippen LogP contribution in [-0.4, -0.2) is 17.1 Å². The van der Waals surface area contributed by atoms with E-state index < -0.39 is 19.6 Å². The molecule has 0 fully saturated rings. The first-order valence-electron chi connectivity index (χ1n) is 4.20. The van der Waals surface area contributed by atoms with Crippen LogP contribution >= 0.6 is 8.03 Å². The second-order valence-corrected chi connectivity index (χ2v) is 4.04. The zero-order chi connectivity index (χ0) is 10.5. The normalized spacial score (nSPS) is 15.6. The third kappa shape index (κ3) is 3.63. The maximum absolute atomic E-state index is 13.0. The molecule has 0 aromatic carbocycles. The van der Waals surface area contributed by atoms with Crippen LogP contribution in [0.5, 0.6) is 0 Å². The number of halogens is 2. The van der Waals surface area contributed by atoms with Crippen LogP contribution in [0.25, 0.3) is 0 Å². The molecular formula is C7H15F2NO2P+. The Morgan fingerprint density at radius 1 is 1.62 bits per heavy atom. The molecule has 0 aromatic heterocycles. The van der Waals surface area contributed by atoms with Crippen LogP contribution < -0.4 is 5.73 Å². The molecule has 2 atom stereocenters. The van der Waals surface area contributed by atoms with E-state index in [-0.39, 0.29) is 12.8 Å². The monoisotopic (exact) mass is 214 g/mol. The molecule has 0 amide bonds. The summed E-state index contributed by atoms with van der Waals surface area (Å²) < 4.78 is 36.3. The molecule has 78 valence electrons. The van der Waals surface area contributed by atoms with E-state index in [0.717, 1.165) is 0 Å². The topological polar surface area (TPSA) is 63.3 Å². The van der Waals surface area contributed by atoms with Gasteiger partial charge >= 0.3 is 13.7 Å². The molecule has 0 spiro atoms. The molecule has 0 aromatic rings. The molecule has 0 saturated carbocycles. The van der Waals surface area contributed by atoms with Crippen molar-refractivity contribution in [3.63, 3.8) is 0 Å². The van der Waals surface area contributed by atoms with Crippen molar-refractivity contribution in [2.24, 2.45) is 11.7 Å². The van der Waals surface area contributed by atoms with Gasteiger partial charge in [-0.25, -0.2) is 0 Å². The van der Waals surface area contributed by atoms with Crippen LogP contribution in [0.15, 0.2) is 0 Å². The smallest absolute Gasteiger partial charge is 0.330 e. The van der Waals surface area contributed by atoms with E-state index in [9.17, 15) is 13.3 Å². The van der Waals surface area contributed by atoms with Crippen molar-refractivity contribution in [1.82, 2.24) is 0 Å². The summed E-state index contributed by atoms with van der Waals surface area (Å²) in [6.07, 6.45) is 0.841. The highest BCUT2D eigenvalue weighted by molar-refractivity contribution is 7.39. The Bertz CT molecular complexity index is 178. The third-order valence-corrected chi connectivity index (χ3v) is 2.87. The number of alkyl halides is 2. The van der Waals surface area contributed by atoms with E-state index in [0.29, 0.717) is 13.0 Å². The lowest BCUT2D eigenvalue weighted by molar-refractivity contribution is 0.0128. The molecule has 0 radical (unpaired) electrons. The van der Waals surface area contributed by atoms with Crippen molar-refractivity contribution in [1.29, 1.82) is 0 Å².